The van der Waals surface area contributed by atoms with Crippen LogP contribution < -0.4 is 10.5 Å². The molecule has 0 aliphatic carbocycles. The van der Waals surface area contributed by atoms with Crippen molar-refractivity contribution in [2.45, 2.75) is 25.9 Å². The summed E-state index contributed by atoms with van der Waals surface area (Å²) in [7, 11) is 5.79. The fourth-order valence-corrected chi connectivity index (χ4v) is 1.94. The number of nitrogens with zero attached hydrogens (tertiary/aromatic N) is 3. The van der Waals surface area contributed by atoms with Gasteiger partial charge in [0.25, 0.3) is 0 Å². The van der Waals surface area contributed by atoms with Gasteiger partial charge in [-0.1, -0.05) is 0 Å². The first-order valence-corrected chi connectivity index (χ1v) is 6.32. The van der Waals surface area contributed by atoms with Crippen LogP contribution in [0.4, 0.5) is 5.95 Å². The summed E-state index contributed by atoms with van der Waals surface area (Å²) in [4.78, 5) is 6.58. The molecule has 0 spiro atoms. The first kappa shape index (κ1) is 13.7. The van der Waals surface area contributed by atoms with E-state index in [-0.39, 0.29) is 5.54 Å². The third-order valence-corrected chi connectivity index (χ3v) is 3.74. The summed E-state index contributed by atoms with van der Waals surface area (Å²) in [6, 6.07) is 5.81. The number of fused-ring (bicyclic) bond motifs is 1. The second kappa shape index (κ2) is 4.74. The van der Waals surface area contributed by atoms with E-state index in [1.54, 1.807) is 7.11 Å². The predicted molar refractivity (Wildman–Crippen MR) is 78.5 cm³/mol. The quantitative estimate of drug-likeness (QED) is 0.915. The molecule has 1 heterocycles. The lowest BCUT2D eigenvalue weighted by atomic mass is 10.0. The Labute approximate surface area is 114 Å². The Kier molecular flexibility index (Phi) is 3.41. The SMILES string of the molecule is COc1ccc2nc(N)n(CC(C)(C)N(C)C)c2c1. The molecule has 0 atom stereocenters. The maximum absolute atomic E-state index is 6.04. The molecule has 19 heavy (non-hydrogen) atoms. The molecule has 0 aliphatic rings. The van der Waals surface area contributed by atoms with E-state index in [4.69, 9.17) is 10.5 Å². The van der Waals surface area contributed by atoms with E-state index in [1.807, 2.05) is 22.8 Å². The van der Waals surface area contributed by atoms with Crippen molar-refractivity contribution in [1.82, 2.24) is 14.5 Å². The minimum absolute atomic E-state index is 0.00910. The number of hydrogen-bond acceptors (Lipinski definition) is 4. The first-order chi connectivity index (χ1) is 8.85. The molecule has 1 aromatic carbocycles. The molecule has 0 radical (unpaired) electrons. The van der Waals surface area contributed by atoms with Gasteiger partial charge < -0.3 is 19.9 Å². The average Bonchev–Trinajstić information content (AvgIpc) is 2.64. The lowest BCUT2D eigenvalue weighted by Crippen LogP contribution is -2.42. The number of nitrogens with two attached hydrogens (primary N) is 1. The number of anilines is 1. The number of methoxy groups -OCH3 is 1. The Morgan fingerprint density at radius 1 is 1.37 bits per heavy atom. The molecule has 0 saturated heterocycles. The van der Waals surface area contributed by atoms with E-state index in [2.05, 4.69) is 37.8 Å². The third kappa shape index (κ3) is 2.51. The van der Waals surface area contributed by atoms with Crippen LogP contribution in [-0.4, -0.2) is 41.2 Å². The van der Waals surface area contributed by atoms with Gasteiger partial charge in [-0.05, 0) is 40.1 Å². The highest BCUT2D eigenvalue weighted by atomic mass is 16.5. The number of aromatic nitrogens is 2. The molecule has 0 aliphatic heterocycles. The van der Waals surface area contributed by atoms with Crippen molar-refractivity contribution >= 4 is 17.0 Å². The Balaban J connectivity index is 2.50. The lowest BCUT2D eigenvalue weighted by molar-refractivity contribution is 0.172. The molecule has 0 bridgehead atoms. The van der Waals surface area contributed by atoms with Crippen molar-refractivity contribution in [1.29, 1.82) is 0 Å². The third-order valence-electron chi connectivity index (χ3n) is 3.74. The van der Waals surface area contributed by atoms with E-state index >= 15 is 0 Å². The van der Waals surface area contributed by atoms with Gasteiger partial charge >= 0.3 is 0 Å². The molecule has 2 aromatic rings. The number of nitrogen functional groups attached to an aromatic ring is 1. The van der Waals surface area contributed by atoms with Crippen LogP contribution in [0, 0.1) is 0 Å². The van der Waals surface area contributed by atoms with Crippen LogP contribution >= 0.6 is 0 Å². The molecule has 0 amide bonds. The summed E-state index contributed by atoms with van der Waals surface area (Å²) in [5.41, 5.74) is 7.94. The van der Waals surface area contributed by atoms with E-state index in [9.17, 15) is 0 Å². The molecule has 0 unspecified atom stereocenters. The second-order valence-corrected chi connectivity index (χ2v) is 5.62. The minimum Gasteiger partial charge on any atom is -0.497 e. The van der Waals surface area contributed by atoms with Crippen molar-refractivity contribution in [3.8, 4) is 5.75 Å². The Bertz CT molecular complexity index is 586. The summed E-state index contributed by atoms with van der Waals surface area (Å²) < 4.78 is 7.31. The van der Waals surface area contributed by atoms with Crippen molar-refractivity contribution in [3.05, 3.63) is 18.2 Å². The molecule has 1 aromatic heterocycles. The van der Waals surface area contributed by atoms with Crippen LogP contribution in [0.5, 0.6) is 5.75 Å². The Hall–Kier alpha value is -1.75. The predicted octanol–water partition coefficient (Wildman–Crippen LogP) is 1.97. The second-order valence-electron chi connectivity index (χ2n) is 5.62. The molecule has 0 fully saturated rings. The van der Waals surface area contributed by atoms with Gasteiger partial charge in [-0.3, -0.25) is 0 Å². The van der Waals surface area contributed by atoms with Crippen LogP contribution in [-0.2, 0) is 6.54 Å². The van der Waals surface area contributed by atoms with Gasteiger partial charge in [-0.2, -0.15) is 0 Å². The monoisotopic (exact) mass is 262 g/mol. The highest BCUT2D eigenvalue weighted by Gasteiger charge is 2.23. The number of hydrogen-bond donors (Lipinski definition) is 1. The number of rotatable bonds is 4. The number of ether oxygens (including phenoxy) is 1. The Morgan fingerprint density at radius 2 is 2.05 bits per heavy atom. The van der Waals surface area contributed by atoms with Crippen molar-refractivity contribution in [3.63, 3.8) is 0 Å². The molecular weight excluding hydrogens is 240 g/mol. The van der Waals surface area contributed by atoms with E-state index in [1.165, 1.54) is 0 Å². The minimum atomic E-state index is -0.00910. The normalized spacial score (nSPS) is 12.3. The van der Waals surface area contributed by atoms with Crippen LogP contribution in [0.3, 0.4) is 0 Å². The molecule has 2 rings (SSSR count). The van der Waals surface area contributed by atoms with Gasteiger partial charge in [0.2, 0.25) is 5.95 Å². The standard InChI is InChI=1S/C14H22N4O/c1-14(2,17(3)4)9-18-12-8-10(19-5)6-7-11(12)16-13(18)15/h6-8H,9H2,1-5H3,(H2,15,16). The van der Waals surface area contributed by atoms with Gasteiger partial charge in [0.1, 0.15) is 5.75 Å². The van der Waals surface area contributed by atoms with Gasteiger partial charge in [-0.25, -0.2) is 4.98 Å². The fourth-order valence-electron chi connectivity index (χ4n) is 1.94. The lowest BCUT2D eigenvalue weighted by Gasteiger charge is -2.33. The van der Waals surface area contributed by atoms with Crippen LogP contribution in [0.1, 0.15) is 13.8 Å². The maximum Gasteiger partial charge on any atom is 0.201 e. The topological polar surface area (TPSA) is 56.3 Å². The van der Waals surface area contributed by atoms with Crippen LogP contribution in [0.15, 0.2) is 18.2 Å². The van der Waals surface area contributed by atoms with Crippen LogP contribution in [0.25, 0.3) is 11.0 Å². The van der Waals surface area contributed by atoms with Gasteiger partial charge in [-0.15, -0.1) is 0 Å². The average molecular weight is 262 g/mol. The number of benzene rings is 1. The zero-order valence-electron chi connectivity index (χ0n) is 12.3. The summed E-state index contributed by atoms with van der Waals surface area (Å²) in [5.74, 6) is 1.36. The fraction of sp³-hybridized carbons (Fsp3) is 0.500. The zero-order chi connectivity index (χ0) is 14.2. The molecule has 2 N–H and O–H groups in total. The largest absolute Gasteiger partial charge is 0.497 e. The number of likely N-dealkylation sites (N-methyl/N-ethyl adjacent to an activating group) is 1. The van der Waals surface area contributed by atoms with E-state index in [0.29, 0.717) is 5.95 Å². The highest BCUT2D eigenvalue weighted by molar-refractivity contribution is 5.79. The van der Waals surface area contributed by atoms with E-state index < -0.39 is 0 Å². The molecular formula is C14H22N4O. The summed E-state index contributed by atoms with van der Waals surface area (Å²) in [6.45, 7) is 5.13. The zero-order valence-corrected chi connectivity index (χ0v) is 12.3. The van der Waals surface area contributed by atoms with Crippen molar-refractivity contribution in [2.24, 2.45) is 0 Å². The molecule has 0 saturated carbocycles. The first-order valence-electron chi connectivity index (χ1n) is 6.32. The van der Waals surface area contributed by atoms with Crippen molar-refractivity contribution in [2.75, 3.05) is 26.9 Å². The summed E-state index contributed by atoms with van der Waals surface area (Å²) in [5, 5.41) is 0. The molecule has 104 valence electrons. The Morgan fingerprint density at radius 3 is 2.63 bits per heavy atom. The maximum atomic E-state index is 6.04. The van der Waals surface area contributed by atoms with Gasteiger partial charge in [0, 0.05) is 18.2 Å². The van der Waals surface area contributed by atoms with Gasteiger partial charge in [0.15, 0.2) is 0 Å². The molecule has 5 nitrogen and oxygen atoms in total. The smallest absolute Gasteiger partial charge is 0.201 e. The summed E-state index contributed by atoms with van der Waals surface area (Å²) in [6.07, 6.45) is 0. The van der Waals surface area contributed by atoms with E-state index in [0.717, 1.165) is 23.3 Å². The molecule has 5 heteroatoms. The van der Waals surface area contributed by atoms with Crippen LogP contribution in [0.2, 0.25) is 0 Å². The van der Waals surface area contributed by atoms with Gasteiger partial charge in [0.05, 0.1) is 18.1 Å². The highest BCUT2D eigenvalue weighted by Crippen LogP contribution is 2.25. The number of imidazole rings is 1. The summed E-state index contributed by atoms with van der Waals surface area (Å²) >= 11 is 0. The van der Waals surface area contributed by atoms with Crippen molar-refractivity contribution < 1.29 is 4.74 Å².